The molecule has 0 aromatic heterocycles. The number of nitrogens with zero attached hydrogens (tertiary/aromatic N) is 3. The molecule has 0 radical (unpaired) electrons. The zero-order valence-corrected chi connectivity index (χ0v) is 17.9. The largest absolute Gasteiger partial charge is 0.497 e. The van der Waals surface area contributed by atoms with E-state index in [9.17, 15) is 9.59 Å². The maximum atomic E-state index is 13.6. The second-order valence-electron chi connectivity index (χ2n) is 8.18. The van der Waals surface area contributed by atoms with Gasteiger partial charge >= 0.3 is 0 Å². The summed E-state index contributed by atoms with van der Waals surface area (Å²) < 4.78 is 5.24. The van der Waals surface area contributed by atoms with Crippen LogP contribution in [0.1, 0.15) is 31.0 Å². The number of carbonyl (C=O) groups excluding carboxylic acids is 2. The van der Waals surface area contributed by atoms with Gasteiger partial charge in [-0.1, -0.05) is 24.3 Å². The van der Waals surface area contributed by atoms with E-state index in [0.29, 0.717) is 19.5 Å². The molecule has 6 nitrogen and oxygen atoms in total. The molecule has 1 fully saturated rings. The van der Waals surface area contributed by atoms with E-state index in [2.05, 4.69) is 4.90 Å². The molecule has 4 rings (SSSR count). The molecule has 0 N–H and O–H groups in total. The molecule has 0 bridgehead atoms. The number of methoxy groups -OCH3 is 1. The highest BCUT2D eigenvalue weighted by atomic mass is 16.5. The Kier molecular flexibility index (Phi) is 5.66. The summed E-state index contributed by atoms with van der Waals surface area (Å²) in [5, 5.41) is 0. The molecule has 2 heterocycles. The Morgan fingerprint density at radius 3 is 2.30 bits per heavy atom. The fourth-order valence-corrected chi connectivity index (χ4v) is 4.50. The van der Waals surface area contributed by atoms with E-state index in [0.717, 1.165) is 35.7 Å². The molecular formula is C24H29N3O3. The predicted octanol–water partition coefficient (Wildman–Crippen LogP) is 2.88. The lowest BCUT2D eigenvalue weighted by atomic mass is 9.90. The summed E-state index contributed by atoms with van der Waals surface area (Å²) in [6, 6.07) is 15.3. The van der Waals surface area contributed by atoms with E-state index in [1.165, 1.54) is 0 Å². The number of anilines is 1. The molecule has 2 aromatic rings. The van der Waals surface area contributed by atoms with Gasteiger partial charge < -0.3 is 19.4 Å². The minimum Gasteiger partial charge on any atom is -0.497 e. The van der Waals surface area contributed by atoms with Crippen LogP contribution in [0.15, 0.2) is 48.5 Å². The Morgan fingerprint density at radius 1 is 1.00 bits per heavy atom. The van der Waals surface area contributed by atoms with Gasteiger partial charge in [0, 0.05) is 37.9 Å². The van der Waals surface area contributed by atoms with Crippen LogP contribution in [0, 0.1) is 0 Å². The third-order valence-electron chi connectivity index (χ3n) is 6.08. The minimum absolute atomic E-state index is 0.0265. The van der Waals surface area contributed by atoms with Crippen LogP contribution in [0.4, 0.5) is 5.69 Å². The standard InChI is InChI=1S/C24H29N3O3/c1-17(2)27-22(28)16-18-6-4-5-7-21(18)23(27)24(29)26-14-12-25(13-15-26)19-8-10-20(30-3)11-9-19/h4-11,17,23H,12-16H2,1-3H3. The summed E-state index contributed by atoms with van der Waals surface area (Å²) in [7, 11) is 1.66. The van der Waals surface area contributed by atoms with Crippen molar-refractivity contribution in [3.63, 3.8) is 0 Å². The third-order valence-corrected chi connectivity index (χ3v) is 6.08. The molecule has 1 saturated heterocycles. The molecule has 2 aliphatic heterocycles. The Hall–Kier alpha value is -3.02. The molecule has 1 atom stereocenters. The van der Waals surface area contributed by atoms with Crippen molar-refractivity contribution in [2.75, 3.05) is 38.2 Å². The quantitative estimate of drug-likeness (QED) is 0.782. The normalized spacial score (nSPS) is 19.1. The van der Waals surface area contributed by atoms with Crippen LogP contribution in [0.5, 0.6) is 5.75 Å². The van der Waals surface area contributed by atoms with Gasteiger partial charge in [0.2, 0.25) is 11.8 Å². The molecule has 0 aliphatic carbocycles. The van der Waals surface area contributed by atoms with Gasteiger partial charge in [0.1, 0.15) is 11.8 Å². The average molecular weight is 408 g/mol. The van der Waals surface area contributed by atoms with Crippen LogP contribution in [0.3, 0.4) is 0 Å². The Bertz CT molecular complexity index is 918. The van der Waals surface area contributed by atoms with E-state index >= 15 is 0 Å². The number of carbonyl (C=O) groups is 2. The molecule has 158 valence electrons. The first-order valence-electron chi connectivity index (χ1n) is 10.6. The second-order valence-corrected chi connectivity index (χ2v) is 8.18. The monoisotopic (exact) mass is 407 g/mol. The van der Waals surface area contributed by atoms with Gasteiger partial charge in [0.05, 0.1) is 13.5 Å². The summed E-state index contributed by atoms with van der Waals surface area (Å²) >= 11 is 0. The fourth-order valence-electron chi connectivity index (χ4n) is 4.50. The molecule has 1 unspecified atom stereocenters. The lowest BCUT2D eigenvalue weighted by Gasteiger charge is -2.43. The molecule has 0 saturated carbocycles. The van der Waals surface area contributed by atoms with E-state index in [4.69, 9.17) is 4.74 Å². The van der Waals surface area contributed by atoms with Gasteiger partial charge in [0.15, 0.2) is 0 Å². The number of fused-ring (bicyclic) bond motifs is 1. The SMILES string of the molecule is COc1ccc(N2CCN(C(=O)C3c4ccccc4CC(=O)N3C(C)C)CC2)cc1. The summed E-state index contributed by atoms with van der Waals surface area (Å²) in [5.74, 6) is 0.888. The lowest BCUT2D eigenvalue weighted by Crippen LogP contribution is -2.55. The molecule has 2 aromatic carbocycles. The third kappa shape index (κ3) is 3.74. The Morgan fingerprint density at radius 2 is 1.67 bits per heavy atom. The molecule has 6 heteroatoms. The van der Waals surface area contributed by atoms with Crippen molar-refractivity contribution < 1.29 is 14.3 Å². The predicted molar refractivity (Wildman–Crippen MR) is 117 cm³/mol. The van der Waals surface area contributed by atoms with Gasteiger partial charge in [-0.2, -0.15) is 0 Å². The van der Waals surface area contributed by atoms with Crippen molar-refractivity contribution in [2.45, 2.75) is 32.4 Å². The summed E-state index contributed by atoms with van der Waals surface area (Å²) in [5.41, 5.74) is 3.06. The van der Waals surface area contributed by atoms with Crippen molar-refractivity contribution in [2.24, 2.45) is 0 Å². The zero-order chi connectivity index (χ0) is 21.3. The van der Waals surface area contributed by atoms with E-state index in [1.807, 2.05) is 67.3 Å². The first-order valence-corrected chi connectivity index (χ1v) is 10.6. The number of rotatable bonds is 4. The van der Waals surface area contributed by atoms with Crippen molar-refractivity contribution in [1.29, 1.82) is 0 Å². The summed E-state index contributed by atoms with van der Waals surface area (Å²) in [6.07, 6.45) is 0.364. The lowest BCUT2D eigenvalue weighted by molar-refractivity contribution is -0.149. The summed E-state index contributed by atoms with van der Waals surface area (Å²) in [4.78, 5) is 32.4. The first kappa shape index (κ1) is 20.3. The number of piperazine rings is 1. The van der Waals surface area contributed by atoms with Gasteiger partial charge in [-0.05, 0) is 49.2 Å². The van der Waals surface area contributed by atoms with Crippen molar-refractivity contribution in [3.05, 3.63) is 59.7 Å². The van der Waals surface area contributed by atoms with Crippen LogP contribution in [-0.2, 0) is 16.0 Å². The van der Waals surface area contributed by atoms with Crippen LogP contribution in [-0.4, -0.2) is 60.9 Å². The maximum Gasteiger partial charge on any atom is 0.250 e. The van der Waals surface area contributed by atoms with Crippen molar-refractivity contribution in [3.8, 4) is 5.75 Å². The Labute approximate surface area is 178 Å². The number of amides is 2. The molecule has 0 spiro atoms. The van der Waals surface area contributed by atoms with Crippen LogP contribution in [0.25, 0.3) is 0 Å². The molecule has 30 heavy (non-hydrogen) atoms. The maximum absolute atomic E-state index is 13.6. The number of hydrogen-bond donors (Lipinski definition) is 0. The van der Waals surface area contributed by atoms with E-state index < -0.39 is 6.04 Å². The number of ether oxygens (including phenoxy) is 1. The average Bonchev–Trinajstić information content (AvgIpc) is 2.77. The zero-order valence-electron chi connectivity index (χ0n) is 17.9. The second kappa shape index (κ2) is 8.38. The van der Waals surface area contributed by atoms with E-state index in [-0.39, 0.29) is 17.9 Å². The van der Waals surface area contributed by atoms with E-state index in [1.54, 1.807) is 12.0 Å². The van der Waals surface area contributed by atoms with Gasteiger partial charge in [-0.3, -0.25) is 9.59 Å². The molecular weight excluding hydrogens is 378 g/mol. The summed E-state index contributed by atoms with van der Waals surface area (Å²) in [6.45, 7) is 6.78. The van der Waals surface area contributed by atoms with Gasteiger partial charge in [0.25, 0.3) is 0 Å². The Balaban J connectivity index is 1.51. The molecule has 2 aliphatic rings. The highest BCUT2D eigenvalue weighted by Gasteiger charge is 2.40. The van der Waals surface area contributed by atoms with Gasteiger partial charge in [-0.15, -0.1) is 0 Å². The van der Waals surface area contributed by atoms with Crippen molar-refractivity contribution in [1.82, 2.24) is 9.80 Å². The number of benzene rings is 2. The fraction of sp³-hybridized carbons (Fsp3) is 0.417. The van der Waals surface area contributed by atoms with Gasteiger partial charge in [-0.25, -0.2) is 0 Å². The highest BCUT2D eigenvalue weighted by Crippen LogP contribution is 2.34. The highest BCUT2D eigenvalue weighted by molar-refractivity contribution is 5.92. The first-order chi connectivity index (χ1) is 14.5. The van der Waals surface area contributed by atoms with Crippen LogP contribution in [0.2, 0.25) is 0 Å². The minimum atomic E-state index is -0.532. The van der Waals surface area contributed by atoms with Crippen LogP contribution >= 0.6 is 0 Å². The van der Waals surface area contributed by atoms with Crippen molar-refractivity contribution >= 4 is 17.5 Å². The smallest absolute Gasteiger partial charge is 0.250 e. The topological polar surface area (TPSA) is 53.1 Å². The molecule has 2 amide bonds. The van der Waals surface area contributed by atoms with Crippen LogP contribution < -0.4 is 9.64 Å². The number of hydrogen-bond acceptors (Lipinski definition) is 4.